The summed E-state index contributed by atoms with van der Waals surface area (Å²) >= 11 is 0. The van der Waals surface area contributed by atoms with Crippen LogP contribution in [0, 0.1) is 10.1 Å². The molecular formula is C16H19N3O6. The van der Waals surface area contributed by atoms with Crippen LogP contribution in [-0.2, 0) is 20.9 Å². The Morgan fingerprint density at radius 1 is 1.28 bits per heavy atom. The summed E-state index contributed by atoms with van der Waals surface area (Å²) in [6.07, 6.45) is 0.825. The summed E-state index contributed by atoms with van der Waals surface area (Å²) in [6, 6.07) is 5.22. The summed E-state index contributed by atoms with van der Waals surface area (Å²) in [7, 11) is 0. The summed E-state index contributed by atoms with van der Waals surface area (Å²) in [5.74, 6) is -1.28. The molecule has 1 N–H and O–H groups in total. The third-order valence-electron chi connectivity index (χ3n) is 4.32. The van der Waals surface area contributed by atoms with Gasteiger partial charge in [-0.3, -0.25) is 24.6 Å². The number of para-hydroxylation sites is 1. The molecule has 1 aromatic rings. The third kappa shape index (κ3) is 3.59. The highest BCUT2D eigenvalue weighted by Crippen LogP contribution is 2.25. The number of nitrogens with one attached hydrogen (secondary N) is 1. The van der Waals surface area contributed by atoms with Crippen molar-refractivity contribution in [3.8, 4) is 0 Å². The summed E-state index contributed by atoms with van der Waals surface area (Å²) < 4.78 is 5.00. The largest absolute Gasteiger partial charge is 0.459 e. The molecule has 134 valence electrons. The molecule has 1 aliphatic rings. The van der Waals surface area contributed by atoms with Crippen molar-refractivity contribution in [2.75, 3.05) is 6.54 Å². The number of esters is 1. The van der Waals surface area contributed by atoms with Gasteiger partial charge in [-0.25, -0.2) is 4.79 Å². The molecule has 0 bridgehead atoms. The topological polar surface area (TPSA) is 119 Å². The lowest BCUT2D eigenvalue weighted by Crippen LogP contribution is -2.46. The van der Waals surface area contributed by atoms with Crippen molar-refractivity contribution in [2.24, 2.45) is 0 Å². The first-order chi connectivity index (χ1) is 11.8. The van der Waals surface area contributed by atoms with Crippen molar-refractivity contribution in [2.45, 2.75) is 38.8 Å². The van der Waals surface area contributed by atoms with Gasteiger partial charge in [0.25, 0.3) is 11.6 Å². The molecule has 1 saturated heterocycles. The number of carbonyl (C=O) groups excluding carboxylic acids is 3. The van der Waals surface area contributed by atoms with Crippen LogP contribution in [0.3, 0.4) is 0 Å². The quantitative estimate of drug-likeness (QED) is 0.347. The molecule has 2 rings (SSSR count). The van der Waals surface area contributed by atoms with Crippen LogP contribution in [0.5, 0.6) is 0 Å². The molecule has 0 unspecified atom stereocenters. The molecule has 0 saturated carbocycles. The molecule has 0 atom stereocenters. The van der Waals surface area contributed by atoms with E-state index in [-0.39, 0.29) is 17.9 Å². The van der Waals surface area contributed by atoms with Crippen molar-refractivity contribution in [3.63, 3.8) is 0 Å². The van der Waals surface area contributed by atoms with Gasteiger partial charge in [-0.2, -0.15) is 0 Å². The molecule has 0 spiro atoms. The zero-order valence-electron chi connectivity index (χ0n) is 14.0. The van der Waals surface area contributed by atoms with E-state index in [9.17, 15) is 24.5 Å². The predicted molar refractivity (Wildman–Crippen MR) is 86.5 cm³/mol. The van der Waals surface area contributed by atoms with E-state index in [0.717, 1.165) is 4.90 Å². The van der Waals surface area contributed by atoms with Crippen LogP contribution >= 0.6 is 0 Å². The SMILES string of the molecule is CCC1(CC)NC(=O)N(CC(=O)OCc2ccccc2[N+](=O)[O-])C1=O. The van der Waals surface area contributed by atoms with Gasteiger partial charge >= 0.3 is 12.0 Å². The zero-order valence-corrected chi connectivity index (χ0v) is 14.0. The van der Waals surface area contributed by atoms with E-state index in [1.165, 1.54) is 18.2 Å². The number of rotatable bonds is 7. The highest BCUT2D eigenvalue weighted by molar-refractivity contribution is 6.08. The number of nitro groups is 1. The number of amides is 3. The normalized spacial score (nSPS) is 15.8. The Labute approximate surface area is 144 Å². The number of hydrogen-bond acceptors (Lipinski definition) is 6. The van der Waals surface area contributed by atoms with Gasteiger partial charge in [-0.15, -0.1) is 0 Å². The third-order valence-corrected chi connectivity index (χ3v) is 4.32. The first kappa shape index (κ1) is 18.4. The molecule has 9 nitrogen and oxygen atoms in total. The van der Waals surface area contributed by atoms with Gasteiger partial charge in [0, 0.05) is 6.07 Å². The van der Waals surface area contributed by atoms with Crippen molar-refractivity contribution < 1.29 is 24.0 Å². The number of nitro benzene ring substituents is 1. The van der Waals surface area contributed by atoms with E-state index in [2.05, 4.69) is 5.32 Å². The second-order valence-corrected chi connectivity index (χ2v) is 5.66. The van der Waals surface area contributed by atoms with Crippen molar-refractivity contribution in [1.29, 1.82) is 0 Å². The molecule has 25 heavy (non-hydrogen) atoms. The van der Waals surface area contributed by atoms with Gasteiger partial charge in [0.05, 0.1) is 10.5 Å². The van der Waals surface area contributed by atoms with Crippen LogP contribution in [0.1, 0.15) is 32.3 Å². The molecule has 0 radical (unpaired) electrons. The maximum atomic E-state index is 12.4. The van der Waals surface area contributed by atoms with Gasteiger partial charge in [0.2, 0.25) is 0 Å². The fourth-order valence-corrected chi connectivity index (χ4v) is 2.69. The minimum atomic E-state index is -0.990. The fourth-order valence-electron chi connectivity index (χ4n) is 2.69. The Kier molecular flexibility index (Phi) is 5.35. The van der Waals surface area contributed by atoms with Gasteiger partial charge in [-0.05, 0) is 18.9 Å². The van der Waals surface area contributed by atoms with Gasteiger partial charge in [0.1, 0.15) is 18.7 Å². The summed E-state index contributed by atoms with van der Waals surface area (Å²) in [4.78, 5) is 47.5. The monoisotopic (exact) mass is 349 g/mol. The predicted octanol–water partition coefficient (Wildman–Crippen LogP) is 1.75. The van der Waals surface area contributed by atoms with Crippen LogP contribution in [0.4, 0.5) is 10.5 Å². The smallest absolute Gasteiger partial charge is 0.326 e. The van der Waals surface area contributed by atoms with Crippen LogP contribution < -0.4 is 5.32 Å². The van der Waals surface area contributed by atoms with Gasteiger partial charge < -0.3 is 10.1 Å². The highest BCUT2D eigenvalue weighted by atomic mass is 16.6. The van der Waals surface area contributed by atoms with Crippen LogP contribution in [0.15, 0.2) is 24.3 Å². The Balaban J connectivity index is 2.01. The second kappa shape index (κ2) is 7.29. The number of nitrogens with zero attached hydrogens (tertiary/aromatic N) is 2. The minimum Gasteiger partial charge on any atom is -0.459 e. The van der Waals surface area contributed by atoms with E-state index in [1.807, 2.05) is 0 Å². The van der Waals surface area contributed by atoms with Crippen LogP contribution in [0.2, 0.25) is 0 Å². The molecular weight excluding hydrogens is 330 g/mol. The summed E-state index contributed by atoms with van der Waals surface area (Å²) in [5.41, 5.74) is -0.925. The maximum absolute atomic E-state index is 12.4. The molecule has 0 aliphatic carbocycles. The van der Waals surface area contributed by atoms with Crippen molar-refractivity contribution in [3.05, 3.63) is 39.9 Å². The number of urea groups is 1. The Hall–Kier alpha value is -2.97. The van der Waals surface area contributed by atoms with Crippen molar-refractivity contribution >= 4 is 23.6 Å². The van der Waals surface area contributed by atoms with Gasteiger partial charge in [0.15, 0.2) is 0 Å². The fraction of sp³-hybridized carbons (Fsp3) is 0.438. The minimum absolute atomic E-state index is 0.165. The van der Waals surface area contributed by atoms with E-state index in [4.69, 9.17) is 4.74 Å². The second-order valence-electron chi connectivity index (χ2n) is 5.66. The van der Waals surface area contributed by atoms with E-state index in [1.54, 1.807) is 19.9 Å². The number of imide groups is 1. The maximum Gasteiger partial charge on any atom is 0.326 e. The molecule has 1 fully saturated rings. The lowest BCUT2D eigenvalue weighted by Gasteiger charge is -2.22. The number of benzene rings is 1. The van der Waals surface area contributed by atoms with Crippen LogP contribution in [-0.4, -0.2) is 39.8 Å². The van der Waals surface area contributed by atoms with E-state index < -0.39 is 34.9 Å². The first-order valence-corrected chi connectivity index (χ1v) is 7.86. The molecule has 1 aromatic carbocycles. The molecule has 0 aromatic heterocycles. The van der Waals surface area contributed by atoms with Crippen LogP contribution in [0.25, 0.3) is 0 Å². The van der Waals surface area contributed by atoms with Crippen molar-refractivity contribution in [1.82, 2.24) is 10.2 Å². The summed E-state index contributed by atoms with van der Waals surface area (Å²) in [5, 5.41) is 13.5. The zero-order chi connectivity index (χ0) is 18.6. The number of hydrogen-bond donors (Lipinski definition) is 1. The van der Waals surface area contributed by atoms with E-state index in [0.29, 0.717) is 12.8 Å². The highest BCUT2D eigenvalue weighted by Gasteiger charge is 2.49. The molecule has 3 amide bonds. The van der Waals surface area contributed by atoms with Gasteiger partial charge in [-0.1, -0.05) is 26.0 Å². The lowest BCUT2D eigenvalue weighted by atomic mass is 9.93. The standard InChI is InChI=1S/C16H19N3O6/c1-3-16(4-2)14(21)18(15(22)17-16)9-13(20)25-10-11-7-5-6-8-12(11)19(23)24/h5-8H,3-4,9-10H2,1-2H3,(H,17,22). The lowest BCUT2D eigenvalue weighted by molar-refractivity contribution is -0.385. The Morgan fingerprint density at radius 3 is 2.48 bits per heavy atom. The first-order valence-electron chi connectivity index (χ1n) is 7.86. The Bertz CT molecular complexity index is 714. The average Bonchev–Trinajstić information content (AvgIpc) is 2.84. The van der Waals surface area contributed by atoms with E-state index >= 15 is 0 Å². The molecule has 9 heteroatoms. The average molecular weight is 349 g/mol. The molecule has 1 aliphatic heterocycles. The number of ether oxygens (including phenoxy) is 1. The molecule has 1 heterocycles. The Morgan fingerprint density at radius 2 is 1.92 bits per heavy atom. The number of carbonyl (C=O) groups is 3. The summed E-state index contributed by atoms with van der Waals surface area (Å²) in [6.45, 7) is 2.70.